The average molecular weight is 213 g/mol. The van der Waals surface area contributed by atoms with Gasteiger partial charge in [-0.2, -0.15) is 0 Å². The third kappa shape index (κ3) is 9.00. The first-order valence-electron chi connectivity index (χ1n) is 4.97. The Morgan fingerprint density at radius 3 is 2.40 bits per heavy atom. The van der Waals surface area contributed by atoms with Crippen molar-refractivity contribution in [2.75, 3.05) is 6.54 Å². The number of ether oxygens (including phenoxy) is 1. The van der Waals surface area contributed by atoms with Gasteiger partial charge in [0.2, 0.25) is 0 Å². The molecule has 86 valence electrons. The van der Waals surface area contributed by atoms with Crippen LogP contribution in [0.3, 0.4) is 0 Å². The van der Waals surface area contributed by atoms with Crippen LogP contribution in [-0.4, -0.2) is 24.0 Å². The molecule has 4 heteroatoms. The number of alkyl carbamates (subject to hydrolysis) is 1. The van der Waals surface area contributed by atoms with Gasteiger partial charge in [0.25, 0.3) is 0 Å². The lowest BCUT2D eigenvalue weighted by molar-refractivity contribution is -0.114. The van der Waals surface area contributed by atoms with Crippen molar-refractivity contribution in [3.63, 3.8) is 0 Å². The second-order valence-electron chi connectivity index (χ2n) is 4.14. The van der Waals surface area contributed by atoms with Gasteiger partial charge in [0.1, 0.15) is 5.60 Å². The van der Waals surface area contributed by atoms with E-state index in [1.165, 1.54) is 6.08 Å². The maximum atomic E-state index is 11.1. The summed E-state index contributed by atoms with van der Waals surface area (Å²) in [6.07, 6.45) is 2.96. The molecule has 0 bridgehead atoms. The van der Waals surface area contributed by atoms with Crippen molar-refractivity contribution in [1.82, 2.24) is 5.32 Å². The van der Waals surface area contributed by atoms with Crippen LogP contribution >= 0.6 is 0 Å². The molecule has 0 aliphatic heterocycles. The van der Waals surface area contributed by atoms with Crippen molar-refractivity contribution in [2.24, 2.45) is 0 Å². The summed E-state index contributed by atoms with van der Waals surface area (Å²) in [6.45, 7) is 7.45. The third-order valence-electron chi connectivity index (χ3n) is 1.39. The number of hydrogen-bond acceptors (Lipinski definition) is 3. The van der Waals surface area contributed by atoms with Crippen LogP contribution in [0.25, 0.3) is 0 Å². The zero-order valence-corrected chi connectivity index (χ0v) is 9.79. The van der Waals surface area contributed by atoms with E-state index in [1.54, 1.807) is 33.8 Å². The quantitative estimate of drug-likeness (QED) is 0.727. The van der Waals surface area contributed by atoms with Crippen LogP contribution < -0.4 is 5.32 Å². The number of rotatable bonds is 4. The lowest BCUT2D eigenvalue weighted by atomic mass is 10.2. The minimum absolute atomic E-state index is 0.00596. The van der Waals surface area contributed by atoms with E-state index >= 15 is 0 Å². The number of ketones is 1. The smallest absolute Gasteiger partial charge is 0.407 e. The molecule has 4 nitrogen and oxygen atoms in total. The maximum absolute atomic E-state index is 11.1. The second-order valence-corrected chi connectivity index (χ2v) is 4.14. The molecule has 0 fully saturated rings. The molecule has 0 heterocycles. The monoisotopic (exact) mass is 213 g/mol. The fourth-order valence-electron chi connectivity index (χ4n) is 0.871. The second kappa shape index (κ2) is 6.22. The molecule has 0 saturated carbocycles. The third-order valence-corrected chi connectivity index (χ3v) is 1.39. The largest absolute Gasteiger partial charge is 0.444 e. The Hall–Kier alpha value is -1.32. The molecule has 0 spiro atoms. The van der Waals surface area contributed by atoms with E-state index in [4.69, 9.17) is 4.74 Å². The van der Waals surface area contributed by atoms with Crippen LogP contribution in [0.1, 0.15) is 34.1 Å². The standard InChI is InChI=1S/C11H19NO3/c1-5-6-9(13)7-8-12-10(14)15-11(2,3)4/h5-6H,7-8H2,1-4H3,(H,12,14)/b6-5-. The molecular formula is C11H19NO3. The van der Waals surface area contributed by atoms with Crippen molar-refractivity contribution in [2.45, 2.75) is 39.7 Å². The number of amides is 1. The molecule has 0 aromatic carbocycles. The molecular weight excluding hydrogens is 194 g/mol. The Morgan fingerprint density at radius 1 is 1.33 bits per heavy atom. The summed E-state index contributed by atoms with van der Waals surface area (Å²) in [5.74, 6) is -0.00596. The summed E-state index contributed by atoms with van der Waals surface area (Å²) in [5, 5.41) is 2.51. The summed E-state index contributed by atoms with van der Waals surface area (Å²) < 4.78 is 5.00. The number of allylic oxidation sites excluding steroid dienone is 2. The van der Waals surface area contributed by atoms with Crippen LogP contribution in [0.4, 0.5) is 4.79 Å². The summed E-state index contributed by atoms with van der Waals surface area (Å²) >= 11 is 0. The molecule has 0 aromatic rings. The predicted octanol–water partition coefficient (Wildman–Crippen LogP) is 2.05. The summed E-state index contributed by atoms with van der Waals surface area (Å²) in [4.78, 5) is 22.2. The van der Waals surface area contributed by atoms with Gasteiger partial charge < -0.3 is 10.1 Å². The fourth-order valence-corrected chi connectivity index (χ4v) is 0.871. The zero-order valence-electron chi connectivity index (χ0n) is 9.79. The van der Waals surface area contributed by atoms with E-state index < -0.39 is 11.7 Å². The Kier molecular flexibility index (Phi) is 5.67. The SMILES string of the molecule is C/C=C\C(=O)CCNC(=O)OC(C)(C)C. The molecule has 0 rings (SSSR count). The van der Waals surface area contributed by atoms with Crippen LogP contribution in [-0.2, 0) is 9.53 Å². The van der Waals surface area contributed by atoms with Gasteiger partial charge in [-0.1, -0.05) is 6.08 Å². The Morgan fingerprint density at radius 2 is 1.93 bits per heavy atom. The van der Waals surface area contributed by atoms with Crippen molar-refractivity contribution in [3.05, 3.63) is 12.2 Å². The van der Waals surface area contributed by atoms with Crippen molar-refractivity contribution >= 4 is 11.9 Å². The van der Waals surface area contributed by atoms with Crippen molar-refractivity contribution < 1.29 is 14.3 Å². The highest BCUT2D eigenvalue weighted by Crippen LogP contribution is 2.06. The summed E-state index contributed by atoms with van der Waals surface area (Å²) in [5.41, 5.74) is -0.503. The lowest BCUT2D eigenvalue weighted by Gasteiger charge is -2.19. The minimum Gasteiger partial charge on any atom is -0.444 e. The van der Waals surface area contributed by atoms with Gasteiger partial charge in [0.05, 0.1) is 0 Å². The van der Waals surface area contributed by atoms with E-state index in [0.717, 1.165) is 0 Å². The van der Waals surface area contributed by atoms with Crippen LogP contribution in [0.15, 0.2) is 12.2 Å². The van der Waals surface area contributed by atoms with Gasteiger partial charge in [-0.15, -0.1) is 0 Å². The number of nitrogens with one attached hydrogen (secondary N) is 1. The number of carbonyl (C=O) groups is 2. The minimum atomic E-state index is -0.503. The van der Waals surface area contributed by atoms with Crippen LogP contribution in [0, 0.1) is 0 Å². The summed E-state index contributed by atoms with van der Waals surface area (Å²) in [6, 6.07) is 0. The van der Waals surface area contributed by atoms with Crippen molar-refractivity contribution in [1.29, 1.82) is 0 Å². The topological polar surface area (TPSA) is 55.4 Å². The molecule has 1 N–H and O–H groups in total. The molecule has 0 saturated heterocycles. The van der Waals surface area contributed by atoms with Gasteiger partial charge in [0.15, 0.2) is 5.78 Å². The molecule has 0 unspecified atom stereocenters. The van der Waals surface area contributed by atoms with E-state index in [0.29, 0.717) is 13.0 Å². The fraction of sp³-hybridized carbons (Fsp3) is 0.636. The lowest BCUT2D eigenvalue weighted by Crippen LogP contribution is -2.33. The molecule has 1 amide bonds. The van der Waals surface area contributed by atoms with Crippen LogP contribution in [0.5, 0.6) is 0 Å². The van der Waals surface area contributed by atoms with E-state index in [1.807, 2.05) is 0 Å². The number of carbonyl (C=O) groups excluding carboxylic acids is 2. The van der Waals surface area contributed by atoms with Gasteiger partial charge >= 0.3 is 6.09 Å². The van der Waals surface area contributed by atoms with Gasteiger partial charge in [-0.3, -0.25) is 4.79 Å². The highest BCUT2D eigenvalue weighted by Gasteiger charge is 2.15. The van der Waals surface area contributed by atoms with E-state index in [-0.39, 0.29) is 5.78 Å². The first-order valence-corrected chi connectivity index (χ1v) is 4.97. The van der Waals surface area contributed by atoms with E-state index in [2.05, 4.69) is 5.32 Å². The number of hydrogen-bond donors (Lipinski definition) is 1. The average Bonchev–Trinajstić information content (AvgIpc) is 2.00. The highest BCUT2D eigenvalue weighted by molar-refractivity contribution is 5.89. The highest BCUT2D eigenvalue weighted by atomic mass is 16.6. The summed E-state index contributed by atoms with van der Waals surface area (Å²) in [7, 11) is 0. The predicted molar refractivity (Wildman–Crippen MR) is 58.7 cm³/mol. The zero-order chi connectivity index (χ0) is 11.9. The van der Waals surface area contributed by atoms with Gasteiger partial charge in [-0.25, -0.2) is 4.79 Å². The molecule has 0 aromatic heterocycles. The Bertz CT molecular complexity index is 251. The normalized spacial score (nSPS) is 11.5. The first kappa shape index (κ1) is 13.7. The van der Waals surface area contributed by atoms with Crippen LogP contribution in [0.2, 0.25) is 0 Å². The molecule has 15 heavy (non-hydrogen) atoms. The molecule has 0 atom stereocenters. The molecule has 0 aliphatic rings. The Labute approximate surface area is 90.7 Å². The van der Waals surface area contributed by atoms with Crippen molar-refractivity contribution in [3.8, 4) is 0 Å². The first-order chi connectivity index (χ1) is 6.85. The van der Waals surface area contributed by atoms with E-state index in [9.17, 15) is 9.59 Å². The molecule has 0 radical (unpaired) electrons. The molecule has 0 aliphatic carbocycles. The Balaban J connectivity index is 3.69. The van der Waals surface area contributed by atoms with Gasteiger partial charge in [-0.05, 0) is 33.8 Å². The van der Waals surface area contributed by atoms with Gasteiger partial charge in [0, 0.05) is 13.0 Å². The maximum Gasteiger partial charge on any atom is 0.407 e.